The Kier molecular flexibility index (Phi) is 6.49. The molecule has 0 aliphatic heterocycles. The zero-order valence-corrected chi connectivity index (χ0v) is 15.9. The third kappa shape index (κ3) is 5.98. The minimum absolute atomic E-state index is 0.337. The lowest BCUT2D eigenvalue weighted by molar-refractivity contribution is -0.142. The highest BCUT2D eigenvalue weighted by Crippen LogP contribution is 2.48. The number of carbonyl (C=O) groups excluding carboxylic acids is 1. The van der Waals surface area contributed by atoms with Gasteiger partial charge < -0.3 is 13.8 Å². The Balaban J connectivity index is 2.22. The molecule has 2 aromatic carbocycles. The van der Waals surface area contributed by atoms with Gasteiger partial charge in [-0.1, -0.05) is 41.3 Å². The molecule has 2 aromatic rings. The van der Waals surface area contributed by atoms with E-state index in [1.165, 1.54) is 0 Å². The van der Waals surface area contributed by atoms with Crippen molar-refractivity contribution in [3.63, 3.8) is 0 Å². The molecule has 0 amide bonds. The maximum Gasteiger partial charge on any atom is 0.441 e. The van der Waals surface area contributed by atoms with Gasteiger partial charge in [-0.15, -0.1) is 6.42 Å². The molecule has 0 saturated heterocycles. The molecule has 0 radical (unpaired) electrons. The Labute approximate surface area is 153 Å². The van der Waals surface area contributed by atoms with Crippen LogP contribution in [0.1, 0.15) is 18.1 Å². The van der Waals surface area contributed by atoms with Crippen LogP contribution in [0, 0.1) is 26.2 Å². The second kappa shape index (κ2) is 8.60. The first-order valence-corrected chi connectivity index (χ1v) is 9.80. The van der Waals surface area contributed by atoms with Crippen molar-refractivity contribution >= 4 is 13.6 Å². The molecule has 26 heavy (non-hydrogen) atoms. The van der Waals surface area contributed by atoms with Gasteiger partial charge in [-0.2, -0.15) is 0 Å². The third-order valence-corrected chi connectivity index (χ3v) is 5.02. The number of ether oxygens (including phenoxy) is 1. The molecule has 0 N–H and O–H groups in total. The smallest absolute Gasteiger partial charge is 0.441 e. The van der Waals surface area contributed by atoms with Gasteiger partial charge in [0, 0.05) is 0 Å². The van der Waals surface area contributed by atoms with Crippen molar-refractivity contribution in [3.05, 3.63) is 59.7 Å². The van der Waals surface area contributed by atoms with E-state index in [0.29, 0.717) is 11.5 Å². The van der Waals surface area contributed by atoms with Crippen molar-refractivity contribution in [2.24, 2.45) is 0 Å². The highest BCUT2D eigenvalue weighted by molar-refractivity contribution is 7.55. The highest BCUT2D eigenvalue weighted by Gasteiger charge is 2.33. The second-order valence-corrected chi connectivity index (χ2v) is 7.78. The van der Waals surface area contributed by atoms with Crippen molar-refractivity contribution in [2.45, 2.75) is 26.9 Å². The molecular formula is C20H21O5P. The van der Waals surface area contributed by atoms with Crippen LogP contribution >= 0.6 is 7.60 Å². The minimum atomic E-state index is -3.86. The van der Waals surface area contributed by atoms with Crippen molar-refractivity contribution < 1.29 is 23.1 Å². The largest absolute Gasteiger partial charge is 0.449 e. The molecule has 0 aliphatic rings. The van der Waals surface area contributed by atoms with Gasteiger partial charge in [0.05, 0.1) is 0 Å². The zero-order valence-electron chi connectivity index (χ0n) is 15.0. The molecular weight excluding hydrogens is 351 g/mol. The molecule has 0 spiro atoms. The summed E-state index contributed by atoms with van der Waals surface area (Å²) in [6, 6.07) is 13.9. The Hall–Kier alpha value is -2.70. The van der Waals surface area contributed by atoms with Gasteiger partial charge in [0.2, 0.25) is 0 Å². The number of carbonyl (C=O) groups is 1. The molecule has 5 nitrogen and oxygen atoms in total. The Morgan fingerprint density at radius 1 is 1.00 bits per heavy atom. The zero-order chi connectivity index (χ0) is 19.2. The summed E-state index contributed by atoms with van der Waals surface area (Å²) in [7, 11) is -3.86. The SMILES string of the molecule is C#CC(C)OC(=O)CP(=O)(Oc1ccc(C)cc1)Oc1ccc(C)cc1. The van der Waals surface area contributed by atoms with Crippen LogP contribution in [0.25, 0.3) is 0 Å². The average molecular weight is 372 g/mol. The molecule has 6 heteroatoms. The number of rotatable bonds is 7. The predicted octanol–water partition coefficient (Wildman–Crippen LogP) is 4.52. The summed E-state index contributed by atoms with van der Waals surface area (Å²) in [6.45, 7) is 5.39. The molecule has 0 saturated carbocycles. The number of hydrogen-bond donors (Lipinski definition) is 0. The van der Waals surface area contributed by atoms with E-state index in [1.807, 2.05) is 38.1 Å². The highest BCUT2D eigenvalue weighted by atomic mass is 31.2. The Bertz CT molecular complexity index is 783. The molecule has 0 fully saturated rings. The van der Waals surface area contributed by atoms with E-state index in [9.17, 15) is 9.36 Å². The monoisotopic (exact) mass is 372 g/mol. The lowest BCUT2D eigenvalue weighted by Crippen LogP contribution is -2.19. The fraction of sp³-hybridized carbons (Fsp3) is 0.250. The van der Waals surface area contributed by atoms with Gasteiger partial charge in [0.15, 0.2) is 12.3 Å². The van der Waals surface area contributed by atoms with Gasteiger partial charge in [-0.25, -0.2) is 4.57 Å². The molecule has 136 valence electrons. The molecule has 0 aromatic heterocycles. The summed E-state index contributed by atoms with van der Waals surface area (Å²) in [5, 5.41) is 0. The van der Waals surface area contributed by atoms with E-state index >= 15 is 0 Å². The second-order valence-electron chi connectivity index (χ2n) is 5.88. The molecule has 2 rings (SSSR count). The molecule has 1 atom stereocenters. The van der Waals surface area contributed by atoms with Crippen molar-refractivity contribution in [3.8, 4) is 23.8 Å². The molecule has 0 aliphatic carbocycles. The lowest BCUT2D eigenvalue weighted by atomic mass is 10.2. The van der Waals surface area contributed by atoms with E-state index in [-0.39, 0.29) is 0 Å². The van der Waals surface area contributed by atoms with Crippen molar-refractivity contribution in [1.29, 1.82) is 0 Å². The summed E-state index contributed by atoms with van der Waals surface area (Å²) in [5.74, 6) is 2.20. The van der Waals surface area contributed by atoms with Crippen LogP contribution in [0.2, 0.25) is 0 Å². The molecule has 1 unspecified atom stereocenters. The van der Waals surface area contributed by atoms with Gasteiger partial charge in [-0.05, 0) is 45.0 Å². The van der Waals surface area contributed by atoms with E-state index in [4.69, 9.17) is 20.2 Å². The predicted molar refractivity (Wildman–Crippen MR) is 100 cm³/mol. The van der Waals surface area contributed by atoms with Gasteiger partial charge in [0.25, 0.3) is 0 Å². The van der Waals surface area contributed by atoms with Crippen LogP contribution in [0.15, 0.2) is 48.5 Å². The van der Waals surface area contributed by atoms with E-state index < -0.39 is 25.8 Å². The van der Waals surface area contributed by atoms with Crippen LogP contribution in [0.3, 0.4) is 0 Å². The summed E-state index contributed by atoms with van der Waals surface area (Å²) < 4.78 is 29.3. The number of benzene rings is 2. The van der Waals surface area contributed by atoms with Crippen LogP contribution in [0.5, 0.6) is 11.5 Å². The van der Waals surface area contributed by atoms with Crippen LogP contribution in [-0.4, -0.2) is 18.2 Å². The average Bonchev–Trinajstić information content (AvgIpc) is 2.58. The summed E-state index contributed by atoms with van der Waals surface area (Å²) in [5.41, 5.74) is 2.04. The fourth-order valence-electron chi connectivity index (χ4n) is 2.03. The van der Waals surface area contributed by atoms with E-state index in [1.54, 1.807) is 31.2 Å². The topological polar surface area (TPSA) is 61.8 Å². The van der Waals surface area contributed by atoms with E-state index in [0.717, 1.165) is 11.1 Å². The van der Waals surface area contributed by atoms with Gasteiger partial charge >= 0.3 is 13.6 Å². The van der Waals surface area contributed by atoms with Gasteiger partial charge in [0.1, 0.15) is 11.5 Å². The first-order chi connectivity index (χ1) is 12.3. The normalized spacial score (nSPS) is 11.9. The van der Waals surface area contributed by atoms with Crippen LogP contribution in [-0.2, 0) is 14.1 Å². The first-order valence-electron chi connectivity index (χ1n) is 8.07. The van der Waals surface area contributed by atoms with Gasteiger partial charge in [-0.3, -0.25) is 4.79 Å². The summed E-state index contributed by atoms with van der Waals surface area (Å²) in [6.07, 6.45) is 3.92. The Morgan fingerprint density at radius 3 is 1.81 bits per heavy atom. The number of terminal acetylenes is 1. The summed E-state index contributed by atoms with van der Waals surface area (Å²) >= 11 is 0. The third-order valence-electron chi connectivity index (χ3n) is 3.40. The van der Waals surface area contributed by atoms with Crippen LogP contribution in [0.4, 0.5) is 0 Å². The van der Waals surface area contributed by atoms with E-state index in [2.05, 4.69) is 5.92 Å². The first kappa shape index (κ1) is 19.6. The fourth-order valence-corrected chi connectivity index (χ4v) is 3.47. The van der Waals surface area contributed by atoms with Crippen LogP contribution < -0.4 is 9.05 Å². The maximum atomic E-state index is 13.2. The van der Waals surface area contributed by atoms with Crippen molar-refractivity contribution in [1.82, 2.24) is 0 Å². The standard InChI is InChI=1S/C20H21O5P/c1-5-17(4)23-20(21)14-26(22,24-18-10-6-15(2)7-11-18)25-19-12-8-16(3)9-13-19/h1,6-13,17H,14H2,2-4H3. The number of aryl methyl sites for hydroxylation is 2. The molecule has 0 bridgehead atoms. The number of hydrogen-bond acceptors (Lipinski definition) is 5. The summed E-state index contributed by atoms with van der Waals surface area (Å²) in [4.78, 5) is 12.1. The minimum Gasteiger partial charge on any atom is -0.449 e. The quantitative estimate of drug-likeness (QED) is 0.406. The Morgan fingerprint density at radius 2 is 1.42 bits per heavy atom. The number of esters is 1. The van der Waals surface area contributed by atoms with Crippen molar-refractivity contribution in [2.75, 3.05) is 6.16 Å². The maximum absolute atomic E-state index is 13.2. The lowest BCUT2D eigenvalue weighted by Gasteiger charge is -2.20. The molecule has 0 heterocycles.